The predicted molar refractivity (Wildman–Crippen MR) is 63.9 cm³/mol. The molecule has 0 aliphatic heterocycles. The van der Waals surface area contributed by atoms with E-state index in [4.69, 9.17) is 5.11 Å². The van der Waals surface area contributed by atoms with E-state index in [1.54, 1.807) is 6.92 Å². The molecule has 6 nitrogen and oxygen atoms in total. The van der Waals surface area contributed by atoms with Crippen molar-refractivity contribution in [2.24, 2.45) is 0 Å². The molecule has 0 bridgehead atoms. The highest BCUT2D eigenvalue weighted by atomic mass is 19.4. The van der Waals surface area contributed by atoms with Crippen molar-refractivity contribution >= 4 is 5.97 Å². The number of aromatic carboxylic acids is 1. The van der Waals surface area contributed by atoms with Crippen molar-refractivity contribution in [1.29, 1.82) is 0 Å². The molecule has 1 aromatic heterocycles. The van der Waals surface area contributed by atoms with Gasteiger partial charge >= 0.3 is 12.3 Å². The number of carboxylic acid groups (broad SMARTS) is 1. The van der Waals surface area contributed by atoms with Crippen molar-refractivity contribution in [2.45, 2.75) is 19.8 Å². The highest BCUT2D eigenvalue weighted by Crippen LogP contribution is 2.23. The number of aromatic nitrogens is 3. The van der Waals surface area contributed by atoms with E-state index in [2.05, 4.69) is 15.0 Å². The lowest BCUT2D eigenvalue weighted by molar-refractivity contribution is -0.274. The number of benzene rings is 1. The Morgan fingerprint density at radius 1 is 1.33 bits per heavy atom. The number of alkyl halides is 3. The van der Waals surface area contributed by atoms with Crippen LogP contribution in [-0.2, 0) is 6.54 Å². The Labute approximate surface area is 116 Å². The highest BCUT2D eigenvalue weighted by Gasteiger charge is 2.30. The van der Waals surface area contributed by atoms with E-state index >= 15 is 0 Å². The summed E-state index contributed by atoms with van der Waals surface area (Å²) in [5.41, 5.74) is 0.833. The third kappa shape index (κ3) is 3.71. The molecule has 0 spiro atoms. The normalized spacial score (nSPS) is 11.4. The van der Waals surface area contributed by atoms with Crippen molar-refractivity contribution < 1.29 is 27.8 Å². The monoisotopic (exact) mass is 301 g/mol. The molecule has 2 rings (SSSR count). The second kappa shape index (κ2) is 5.43. The molecule has 1 heterocycles. The Bertz CT molecular complexity index is 650. The van der Waals surface area contributed by atoms with Gasteiger partial charge in [-0.2, -0.15) is 0 Å². The van der Waals surface area contributed by atoms with Crippen LogP contribution in [0.4, 0.5) is 13.2 Å². The minimum absolute atomic E-state index is 0.160. The molecule has 2 aromatic rings. The first-order valence-corrected chi connectivity index (χ1v) is 5.74. The molecule has 21 heavy (non-hydrogen) atoms. The minimum Gasteiger partial charge on any atom is -0.476 e. The summed E-state index contributed by atoms with van der Waals surface area (Å²) >= 11 is 0. The number of rotatable bonds is 4. The fraction of sp³-hybridized carbons (Fsp3) is 0.250. The van der Waals surface area contributed by atoms with Gasteiger partial charge in [-0.3, -0.25) is 0 Å². The Morgan fingerprint density at radius 2 is 1.95 bits per heavy atom. The maximum Gasteiger partial charge on any atom is 0.573 e. The molecule has 0 amide bonds. The van der Waals surface area contributed by atoms with Gasteiger partial charge in [-0.05, 0) is 24.6 Å². The van der Waals surface area contributed by atoms with Gasteiger partial charge in [0.15, 0.2) is 5.69 Å². The molecular weight excluding hydrogens is 291 g/mol. The molecular formula is C12H10F3N3O3. The summed E-state index contributed by atoms with van der Waals surface area (Å²) in [5, 5.41) is 16.1. The third-order valence-corrected chi connectivity index (χ3v) is 2.67. The van der Waals surface area contributed by atoms with Crippen LogP contribution in [0.3, 0.4) is 0 Å². The molecule has 1 N–H and O–H groups in total. The lowest BCUT2D eigenvalue weighted by Crippen LogP contribution is -2.17. The van der Waals surface area contributed by atoms with Crippen molar-refractivity contribution in [2.75, 3.05) is 0 Å². The largest absolute Gasteiger partial charge is 0.573 e. The van der Waals surface area contributed by atoms with Gasteiger partial charge in [0, 0.05) is 0 Å². The van der Waals surface area contributed by atoms with Crippen LogP contribution in [0, 0.1) is 6.92 Å². The standard InChI is InChI=1S/C12H10F3N3O3/c1-7-10(11(19)20)16-17-18(7)6-8-2-4-9(5-3-8)21-12(13,14)15/h2-5H,6H2,1H3,(H,19,20). The molecule has 0 saturated heterocycles. The van der Waals surface area contributed by atoms with Gasteiger partial charge in [0.1, 0.15) is 5.75 Å². The maximum atomic E-state index is 12.0. The SMILES string of the molecule is Cc1c(C(=O)O)nnn1Cc1ccc(OC(F)(F)F)cc1. The first kappa shape index (κ1) is 14.8. The summed E-state index contributed by atoms with van der Waals surface area (Å²) in [6.07, 6.45) is -4.74. The van der Waals surface area contributed by atoms with Gasteiger partial charge in [-0.25, -0.2) is 9.48 Å². The van der Waals surface area contributed by atoms with Crippen LogP contribution in [0.15, 0.2) is 24.3 Å². The lowest BCUT2D eigenvalue weighted by atomic mass is 10.2. The van der Waals surface area contributed by atoms with Crippen LogP contribution in [0.2, 0.25) is 0 Å². The Morgan fingerprint density at radius 3 is 2.43 bits per heavy atom. The number of carboxylic acids is 1. The van der Waals surface area contributed by atoms with Crippen LogP contribution in [0.5, 0.6) is 5.75 Å². The zero-order valence-corrected chi connectivity index (χ0v) is 10.8. The second-order valence-corrected chi connectivity index (χ2v) is 4.18. The van der Waals surface area contributed by atoms with Gasteiger partial charge in [0.25, 0.3) is 0 Å². The summed E-state index contributed by atoms with van der Waals surface area (Å²) in [5.74, 6) is -1.51. The third-order valence-electron chi connectivity index (χ3n) is 2.67. The number of halogens is 3. The molecule has 1 aromatic carbocycles. The van der Waals surface area contributed by atoms with Crippen LogP contribution in [-0.4, -0.2) is 32.4 Å². The number of carbonyl (C=O) groups is 1. The van der Waals surface area contributed by atoms with E-state index in [-0.39, 0.29) is 18.0 Å². The van der Waals surface area contributed by atoms with E-state index in [0.717, 1.165) is 0 Å². The van der Waals surface area contributed by atoms with Crippen LogP contribution < -0.4 is 4.74 Å². The van der Waals surface area contributed by atoms with E-state index in [1.165, 1.54) is 28.9 Å². The first-order valence-electron chi connectivity index (χ1n) is 5.74. The smallest absolute Gasteiger partial charge is 0.476 e. The molecule has 0 aliphatic carbocycles. The lowest BCUT2D eigenvalue weighted by Gasteiger charge is -2.09. The highest BCUT2D eigenvalue weighted by molar-refractivity contribution is 5.86. The summed E-state index contributed by atoms with van der Waals surface area (Å²) < 4.78 is 41.2. The van der Waals surface area contributed by atoms with E-state index < -0.39 is 12.3 Å². The fourth-order valence-electron chi connectivity index (χ4n) is 1.68. The van der Waals surface area contributed by atoms with Crippen LogP contribution >= 0.6 is 0 Å². The second-order valence-electron chi connectivity index (χ2n) is 4.18. The molecule has 9 heteroatoms. The fourth-order valence-corrected chi connectivity index (χ4v) is 1.68. The average Bonchev–Trinajstić information content (AvgIpc) is 2.72. The molecule has 112 valence electrons. The average molecular weight is 301 g/mol. The van der Waals surface area contributed by atoms with Crippen molar-refractivity contribution in [3.8, 4) is 5.75 Å². The zero-order valence-electron chi connectivity index (χ0n) is 10.8. The van der Waals surface area contributed by atoms with E-state index in [9.17, 15) is 18.0 Å². The number of ether oxygens (including phenoxy) is 1. The Hall–Kier alpha value is -2.58. The predicted octanol–water partition coefficient (Wildman–Crippen LogP) is 2.23. The number of hydrogen-bond donors (Lipinski definition) is 1. The molecule has 0 radical (unpaired) electrons. The Kier molecular flexibility index (Phi) is 3.83. The molecule has 0 aliphatic rings. The van der Waals surface area contributed by atoms with Gasteiger partial charge in [0.05, 0.1) is 12.2 Å². The van der Waals surface area contributed by atoms with Gasteiger partial charge < -0.3 is 9.84 Å². The molecule has 0 unspecified atom stereocenters. The van der Waals surface area contributed by atoms with E-state index in [0.29, 0.717) is 11.3 Å². The summed E-state index contributed by atoms with van der Waals surface area (Å²) in [7, 11) is 0. The van der Waals surface area contributed by atoms with Crippen molar-refractivity contribution in [3.05, 3.63) is 41.2 Å². The number of hydrogen-bond acceptors (Lipinski definition) is 4. The van der Waals surface area contributed by atoms with Crippen molar-refractivity contribution in [3.63, 3.8) is 0 Å². The Balaban J connectivity index is 2.12. The summed E-state index contributed by atoms with van der Waals surface area (Å²) in [6.45, 7) is 1.74. The summed E-state index contributed by atoms with van der Waals surface area (Å²) in [6, 6.07) is 5.21. The molecule has 0 atom stereocenters. The first-order chi connectivity index (χ1) is 9.76. The quantitative estimate of drug-likeness (QED) is 0.937. The van der Waals surface area contributed by atoms with Gasteiger partial charge in [-0.15, -0.1) is 18.3 Å². The van der Waals surface area contributed by atoms with Gasteiger partial charge in [-0.1, -0.05) is 17.3 Å². The topological polar surface area (TPSA) is 77.2 Å². The summed E-state index contributed by atoms with van der Waals surface area (Å²) in [4.78, 5) is 10.8. The molecule has 0 saturated carbocycles. The van der Waals surface area contributed by atoms with Crippen LogP contribution in [0.1, 0.15) is 21.7 Å². The maximum absolute atomic E-state index is 12.0. The molecule has 0 fully saturated rings. The number of nitrogens with zero attached hydrogens (tertiary/aromatic N) is 3. The van der Waals surface area contributed by atoms with Crippen molar-refractivity contribution in [1.82, 2.24) is 15.0 Å². The van der Waals surface area contributed by atoms with Gasteiger partial charge in [0.2, 0.25) is 0 Å². The van der Waals surface area contributed by atoms with E-state index in [1.807, 2.05) is 0 Å². The van der Waals surface area contributed by atoms with Crippen LogP contribution in [0.25, 0.3) is 0 Å². The minimum atomic E-state index is -4.74. The zero-order chi connectivity index (χ0) is 15.6.